The number of aromatic nitrogens is 2. The van der Waals surface area contributed by atoms with Gasteiger partial charge in [-0.3, -0.25) is 0 Å². The number of anilines is 2. The van der Waals surface area contributed by atoms with E-state index in [9.17, 15) is 0 Å². The Morgan fingerprint density at radius 1 is 1.15 bits per heavy atom. The van der Waals surface area contributed by atoms with Crippen LogP contribution < -0.4 is 16.6 Å². The smallest absolute Gasteiger partial charge is 0.148 e. The quantitative estimate of drug-likeness (QED) is 0.570. The molecule has 1 heterocycles. The minimum absolute atomic E-state index is 0.310. The molecule has 0 unspecified atom stereocenters. The molecule has 2 rings (SSSR count). The van der Waals surface area contributed by atoms with Crippen LogP contribution in [-0.4, -0.2) is 16.5 Å². The van der Waals surface area contributed by atoms with Crippen LogP contribution in [0.3, 0.4) is 0 Å². The summed E-state index contributed by atoms with van der Waals surface area (Å²) in [6.45, 7) is 14.5. The summed E-state index contributed by atoms with van der Waals surface area (Å²) in [5.74, 6) is 8.10. The second kappa shape index (κ2) is 4.88. The van der Waals surface area contributed by atoms with Gasteiger partial charge in [-0.15, -0.1) is 0 Å². The van der Waals surface area contributed by atoms with Crippen LogP contribution in [0, 0.1) is 16.7 Å². The fraction of sp³-hybridized carbons (Fsp3) is 0.733. The monoisotopic (exact) mass is 277 g/mol. The molecule has 112 valence electrons. The van der Waals surface area contributed by atoms with E-state index >= 15 is 0 Å². The number of hydrogen-bond donors (Lipinski definition) is 3. The normalized spacial score (nSPS) is 20.0. The van der Waals surface area contributed by atoms with E-state index in [1.807, 2.05) is 0 Å². The van der Waals surface area contributed by atoms with Crippen molar-refractivity contribution in [2.24, 2.45) is 22.6 Å². The lowest BCUT2D eigenvalue weighted by Gasteiger charge is -2.16. The van der Waals surface area contributed by atoms with Gasteiger partial charge in [-0.25, -0.2) is 15.8 Å². The lowest BCUT2D eigenvalue weighted by Crippen LogP contribution is -2.16. The topological polar surface area (TPSA) is 75.9 Å². The molecular weight excluding hydrogens is 250 g/mol. The summed E-state index contributed by atoms with van der Waals surface area (Å²) < 4.78 is 0. The van der Waals surface area contributed by atoms with E-state index in [1.165, 1.54) is 0 Å². The molecule has 1 aliphatic carbocycles. The van der Waals surface area contributed by atoms with Crippen LogP contribution in [0.1, 0.15) is 53.0 Å². The zero-order valence-electron chi connectivity index (χ0n) is 13.4. The van der Waals surface area contributed by atoms with E-state index in [0.29, 0.717) is 28.5 Å². The number of rotatable bonds is 5. The highest BCUT2D eigenvalue weighted by Gasteiger charge is 2.64. The Bertz CT molecular complexity index is 479. The number of hydrogen-bond acceptors (Lipinski definition) is 5. The predicted molar refractivity (Wildman–Crippen MR) is 83.5 cm³/mol. The van der Waals surface area contributed by atoms with Gasteiger partial charge in [-0.1, -0.05) is 41.5 Å². The summed E-state index contributed by atoms with van der Waals surface area (Å²) >= 11 is 0. The van der Waals surface area contributed by atoms with E-state index in [1.54, 1.807) is 6.33 Å². The molecule has 5 heteroatoms. The second-order valence-electron chi connectivity index (χ2n) is 7.16. The van der Waals surface area contributed by atoms with E-state index in [4.69, 9.17) is 5.84 Å². The van der Waals surface area contributed by atoms with Gasteiger partial charge in [0.2, 0.25) is 0 Å². The molecule has 0 aromatic carbocycles. The molecule has 0 amide bonds. The molecule has 1 aliphatic rings. The fourth-order valence-electron chi connectivity index (χ4n) is 3.24. The summed E-state index contributed by atoms with van der Waals surface area (Å²) in [7, 11) is 0. The average Bonchev–Trinajstić information content (AvgIpc) is 2.76. The Kier molecular flexibility index (Phi) is 3.67. The standard InChI is InChI=1S/C15H27N5/c1-9(2)11-12(18-8-19-13(11)20-16)17-7-10-14(3,4)15(10,5)6/h8-10H,7,16H2,1-6H3,(H2,17,18,19,20). The second-order valence-corrected chi connectivity index (χ2v) is 7.16. The highest BCUT2D eigenvalue weighted by molar-refractivity contribution is 5.58. The SMILES string of the molecule is CC(C)c1c(NN)ncnc1NCC1C(C)(C)C1(C)C. The third-order valence-electron chi connectivity index (χ3n) is 5.39. The van der Waals surface area contributed by atoms with Gasteiger partial charge in [-0.05, 0) is 22.7 Å². The van der Waals surface area contributed by atoms with Gasteiger partial charge in [0.15, 0.2) is 0 Å². The van der Waals surface area contributed by atoms with Crippen LogP contribution >= 0.6 is 0 Å². The van der Waals surface area contributed by atoms with E-state index in [2.05, 4.69) is 62.3 Å². The summed E-state index contributed by atoms with van der Waals surface area (Å²) in [5.41, 5.74) is 4.46. The van der Waals surface area contributed by atoms with Crippen molar-refractivity contribution >= 4 is 11.6 Å². The molecule has 0 radical (unpaired) electrons. The maximum absolute atomic E-state index is 5.54. The van der Waals surface area contributed by atoms with Gasteiger partial charge >= 0.3 is 0 Å². The van der Waals surface area contributed by atoms with E-state index in [-0.39, 0.29) is 0 Å². The van der Waals surface area contributed by atoms with E-state index in [0.717, 1.165) is 17.9 Å². The van der Waals surface area contributed by atoms with Crippen molar-refractivity contribution in [2.75, 3.05) is 17.3 Å². The molecule has 1 saturated carbocycles. The summed E-state index contributed by atoms with van der Waals surface area (Å²) in [4.78, 5) is 8.58. The Morgan fingerprint density at radius 2 is 1.70 bits per heavy atom. The Labute approximate surface area is 121 Å². The molecule has 20 heavy (non-hydrogen) atoms. The summed E-state index contributed by atoms with van der Waals surface area (Å²) in [6, 6.07) is 0. The zero-order valence-corrected chi connectivity index (χ0v) is 13.4. The summed E-state index contributed by atoms with van der Waals surface area (Å²) in [6.07, 6.45) is 1.55. The molecule has 0 bridgehead atoms. The number of nitrogens with two attached hydrogens (primary N) is 1. The molecule has 5 nitrogen and oxygen atoms in total. The Morgan fingerprint density at radius 3 is 2.15 bits per heavy atom. The first-order valence-corrected chi connectivity index (χ1v) is 7.28. The molecule has 0 spiro atoms. The lowest BCUT2D eigenvalue weighted by atomic mass is 10.0. The minimum atomic E-state index is 0.310. The zero-order chi connectivity index (χ0) is 15.1. The molecule has 0 saturated heterocycles. The largest absolute Gasteiger partial charge is 0.369 e. The first kappa shape index (κ1) is 15.0. The number of hydrazine groups is 1. The Balaban J connectivity index is 2.15. The van der Waals surface area contributed by atoms with Crippen molar-refractivity contribution in [2.45, 2.75) is 47.5 Å². The first-order chi connectivity index (χ1) is 9.23. The average molecular weight is 277 g/mol. The molecule has 4 N–H and O–H groups in total. The van der Waals surface area contributed by atoms with Gasteiger partial charge in [0.05, 0.1) is 0 Å². The van der Waals surface area contributed by atoms with Crippen molar-refractivity contribution in [3.8, 4) is 0 Å². The highest BCUT2D eigenvalue weighted by atomic mass is 15.3. The first-order valence-electron chi connectivity index (χ1n) is 7.28. The third kappa shape index (κ3) is 2.24. The molecular formula is C15H27N5. The van der Waals surface area contributed by atoms with Gasteiger partial charge in [0, 0.05) is 12.1 Å². The molecule has 0 atom stereocenters. The van der Waals surface area contributed by atoms with Crippen LogP contribution in [0.25, 0.3) is 0 Å². The fourth-order valence-corrected chi connectivity index (χ4v) is 3.24. The van der Waals surface area contributed by atoms with Crippen LogP contribution in [0.15, 0.2) is 6.33 Å². The minimum Gasteiger partial charge on any atom is -0.369 e. The predicted octanol–water partition coefficient (Wildman–Crippen LogP) is 2.98. The van der Waals surface area contributed by atoms with Crippen molar-refractivity contribution < 1.29 is 0 Å². The highest BCUT2D eigenvalue weighted by Crippen LogP contribution is 2.68. The molecule has 0 aliphatic heterocycles. The maximum Gasteiger partial charge on any atom is 0.148 e. The van der Waals surface area contributed by atoms with Crippen LogP contribution in [0.5, 0.6) is 0 Å². The van der Waals surface area contributed by atoms with E-state index < -0.39 is 0 Å². The maximum atomic E-state index is 5.54. The van der Waals surface area contributed by atoms with Crippen LogP contribution in [0.2, 0.25) is 0 Å². The number of nitrogens with one attached hydrogen (secondary N) is 2. The number of nitrogens with zero attached hydrogens (tertiary/aromatic N) is 2. The lowest BCUT2D eigenvalue weighted by molar-refractivity contribution is 0.457. The van der Waals surface area contributed by atoms with Crippen LogP contribution in [-0.2, 0) is 0 Å². The molecule has 1 fully saturated rings. The van der Waals surface area contributed by atoms with Gasteiger partial charge in [0.1, 0.15) is 18.0 Å². The third-order valence-corrected chi connectivity index (χ3v) is 5.39. The van der Waals surface area contributed by atoms with Gasteiger partial charge in [0.25, 0.3) is 0 Å². The van der Waals surface area contributed by atoms with Crippen molar-refractivity contribution in [3.05, 3.63) is 11.9 Å². The van der Waals surface area contributed by atoms with Crippen molar-refractivity contribution in [1.82, 2.24) is 9.97 Å². The van der Waals surface area contributed by atoms with Gasteiger partial charge < -0.3 is 10.7 Å². The van der Waals surface area contributed by atoms with Crippen molar-refractivity contribution in [1.29, 1.82) is 0 Å². The molecule has 1 aromatic heterocycles. The number of nitrogen functional groups attached to an aromatic ring is 1. The van der Waals surface area contributed by atoms with Crippen molar-refractivity contribution in [3.63, 3.8) is 0 Å². The Hall–Kier alpha value is -1.36. The van der Waals surface area contributed by atoms with Gasteiger partial charge in [-0.2, -0.15) is 0 Å². The summed E-state index contributed by atoms with van der Waals surface area (Å²) in [5, 5.41) is 3.50. The molecule has 1 aromatic rings. The van der Waals surface area contributed by atoms with Crippen LogP contribution in [0.4, 0.5) is 11.6 Å².